The van der Waals surface area contributed by atoms with Gasteiger partial charge in [0.15, 0.2) is 12.5 Å². The van der Waals surface area contributed by atoms with Gasteiger partial charge in [0.2, 0.25) is 5.91 Å². The van der Waals surface area contributed by atoms with Gasteiger partial charge in [0.05, 0.1) is 34.4 Å². The van der Waals surface area contributed by atoms with Crippen LogP contribution in [0.1, 0.15) is 32.1 Å². The number of allylic oxidation sites excluding steroid dienone is 3. The predicted molar refractivity (Wildman–Crippen MR) is 134 cm³/mol. The van der Waals surface area contributed by atoms with Gasteiger partial charge in [-0.05, 0) is 43.0 Å². The molecule has 0 aromatic heterocycles. The maximum absolute atomic E-state index is 13.6. The smallest absolute Gasteiger partial charge is 0.418 e. The van der Waals surface area contributed by atoms with Gasteiger partial charge >= 0.3 is 6.18 Å². The molecule has 38 heavy (non-hydrogen) atoms. The molecule has 1 aliphatic carbocycles. The highest BCUT2D eigenvalue weighted by molar-refractivity contribution is 7.75. The third-order valence-electron chi connectivity index (χ3n) is 7.92. The maximum atomic E-state index is 13.6. The number of aliphatic hydroxyl groups is 1. The summed E-state index contributed by atoms with van der Waals surface area (Å²) in [7, 11) is -2.40. The standard InChI is InChI=1S/C25H27ClF4N3O4P/c26-17-5-4-15(9-18(17)27)37-12-21(34)33-38-7-6-24(13-38,10-22(38)35)23(36)31-11-20-14-2-1-3-19(32-20)16(8-14)25(28,29)30/h4-5,8-9,20,22,32,35H,1-3,6-7,10-13H2,(H-,31,33,34,36)/p+1. The van der Waals surface area contributed by atoms with E-state index < -0.39 is 48.2 Å². The van der Waals surface area contributed by atoms with E-state index in [1.54, 1.807) is 0 Å². The SMILES string of the molecule is O=C(COc1ccc(Cl)c(F)c1)N[P+]12CCC(C(=O)NCC3NC4=C(C(F)(F)F)C=C3CCC4)(CC1O)C2. The number of alkyl halides is 3. The largest absolute Gasteiger partial charge is 0.484 e. The lowest BCUT2D eigenvalue weighted by Crippen LogP contribution is -2.48. The van der Waals surface area contributed by atoms with E-state index in [4.69, 9.17) is 16.3 Å². The van der Waals surface area contributed by atoms with Gasteiger partial charge in [0.25, 0.3) is 5.91 Å². The molecule has 1 aromatic carbocycles. The summed E-state index contributed by atoms with van der Waals surface area (Å²) in [5.41, 5.74) is -0.709. The van der Waals surface area contributed by atoms with Gasteiger partial charge in [-0.1, -0.05) is 11.6 Å². The van der Waals surface area contributed by atoms with Crippen LogP contribution in [0.25, 0.3) is 0 Å². The highest BCUT2D eigenvalue weighted by Gasteiger charge is 2.70. The van der Waals surface area contributed by atoms with Crippen LogP contribution in [0.4, 0.5) is 17.6 Å². The zero-order chi connectivity index (χ0) is 27.3. The molecule has 4 bridgehead atoms. The first-order valence-corrected chi connectivity index (χ1v) is 15.0. The first kappa shape index (κ1) is 27.2. The fourth-order valence-corrected chi connectivity index (χ4v) is 10.7. The number of dihydropyridines is 1. The monoisotopic (exact) mass is 576 g/mol. The Kier molecular flexibility index (Phi) is 7.16. The maximum Gasteiger partial charge on any atom is 0.418 e. The van der Waals surface area contributed by atoms with Crippen molar-refractivity contribution in [2.45, 2.75) is 50.2 Å². The number of carbonyl (C=O) groups excluding carboxylic acids is 2. The van der Waals surface area contributed by atoms with Gasteiger partial charge in [-0.2, -0.15) is 13.2 Å². The van der Waals surface area contributed by atoms with E-state index in [1.165, 1.54) is 18.2 Å². The molecule has 0 radical (unpaired) electrons. The average molecular weight is 577 g/mol. The summed E-state index contributed by atoms with van der Waals surface area (Å²) >= 11 is 5.65. The number of rotatable bonds is 7. The van der Waals surface area contributed by atoms with E-state index in [-0.39, 0.29) is 41.9 Å². The molecule has 4 aliphatic heterocycles. The van der Waals surface area contributed by atoms with E-state index in [9.17, 15) is 32.3 Å². The second kappa shape index (κ2) is 9.99. The van der Waals surface area contributed by atoms with Crippen molar-refractivity contribution in [1.82, 2.24) is 15.7 Å². The molecule has 0 spiro atoms. The number of hydrogen-bond donors (Lipinski definition) is 4. The van der Waals surface area contributed by atoms with Crippen LogP contribution in [0, 0.1) is 11.2 Å². The van der Waals surface area contributed by atoms with Crippen molar-refractivity contribution >= 4 is 30.8 Å². The van der Waals surface area contributed by atoms with Gasteiger partial charge in [0, 0.05) is 31.1 Å². The molecule has 6 rings (SSSR count). The zero-order valence-electron chi connectivity index (χ0n) is 20.3. The van der Waals surface area contributed by atoms with Gasteiger partial charge in [-0.25, -0.2) is 9.48 Å². The third-order valence-corrected chi connectivity index (χ3v) is 12.4. The normalized spacial score (nSPS) is 30.0. The van der Waals surface area contributed by atoms with Crippen LogP contribution in [-0.4, -0.2) is 60.5 Å². The first-order valence-electron chi connectivity index (χ1n) is 12.4. The molecule has 4 N–H and O–H groups in total. The Morgan fingerprint density at radius 1 is 1.29 bits per heavy atom. The van der Waals surface area contributed by atoms with Crippen molar-refractivity contribution in [3.8, 4) is 5.75 Å². The van der Waals surface area contributed by atoms with Crippen LogP contribution in [0.3, 0.4) is 0 Å². The molecule has 7 nitrogen and oxygen atoms in total. The lowest BCUT2D eigenvalue weighted by atomic mass is 9.83. The van der Waals surface area contributed by atoms with Crippen LogP contribution in [0.15, 0.2) is 41.1 Å². The van der Waals surface area contributed by atoms with Crippen molar-refractivity contribution in [3.05, 3.63) is 52.0 Å². The molecule has 206 valence electrons. The van der Waals surface area contributed by atoms with Crippen LogP contribution in [-0.2, 0) is 9.59 Å². The number of carbonyl (C=O) groups is 2. The van der Waals surface area contributed by atoms with Crippen LogP contribution in [0.2, 0.25) is 5.02 Å². The molecule has 4 unspecified atom stereocenters. The Labute approximate surface area is 222 Å². The molecule has 0 saturated carbocycles. The van der Waals surface area contributed by atoms with Crippen molar-refractivity contribution in [3.63, 3.8) is 0 Å². The molecule has 4 atom stereocenters. The van der Waals surface area contributed by atoms with Gasteiger partial charge in [-0.3, -0.25) is 9.59 Å². The minimum Gasteiger partial charge on any atom is -0.484 e. The fraction of sp³-hybridized carbons (Fsp3) is 0.520. The molecule has 3 fully saturated rings. The van der Waals surface area contributed by atoms with Gasteiger partial charge < -0.3 is 20.5 Å². The van der Waals surface area contributed by atoms with Crippen molar-refractivity contribution in [2.24, 2.45) is 5.41 Å². The number of benzene rings is 1. The van der Waals surface area contributed by atoms with E-state index in [2.05, 4.69) is 15.7 Å². The first-order chi connectivity index (χ1) is 17.9. The minimum absolute atomic E-state index is 0.0662. The molecule has 1 aromatic rings. The number of amides is 2. The summed E-state index contributed by atoms with van der Waals surface area (Å²) < 4.78 is 59.0. The fourth-order valence-electron chi connectivity index (χ4n) is 5.99. The Hall–Kier alpha value is -2.36. The van der Waals surface area contributed by atoms with Crippen LogP contribution >= 0.6 is 19.0 Å². The second-order valence-corrected chi connectivity index (χ2v) is 14.5. The number of hydrogen-bond acceptors (Lipinski definition) is 5. The molecular weight excluding hydrogens is 549 g/mol. The molecule has 13 heteroatoms. The molecule has 4 heterocycles. The number of aliphatic hydroxyl groups excluding tert-OH is 1. The quantitative estimate of drug-likeness (QED) is 0.290. The summed E-state index contributed by atoms with van der Waals surface area (Å²) in [4.78, 5) is 25.9. The summed E-state index contributed by atoms with van der Waals surface area (Å²) in [5, 5.41) is 19.6. The van der Waals surface area contributed by atoms with Crippen molar-refractivity contribution in [2.75, 3.05) is 25.5 Å². The van der Waals surface area contributed by atoms with E-state index in [0.29, 0.717) is 43.6 Å². The Bertz CT molecular complexity index is 1230. The summed E-state index contributed by atoms with van der Waals surface area (Å²) in [6.07, 6.45) is -0.242. The molecule has 5 aliphatic rings. The van der Waals surface area contributed by atoms with E-state index in [1.807, 2.05) is 0 Å². The molecule has 2 amide bonds. The number of ether oxygens (including phenoxy) is 1. The molecule has 3 saturated heterocycles. The predicted octanol–water partition coefficient (Wildman–Crippen LogP) is 4.03. The van der Waals surface area contributed by atoms with E-state index >= 15 is 0 Å². The van der Waals surface area contributed by atoms with Gasteiger partial charge in [-0.15, -0.1) is 0 Å². The minimum atomic E-state index is -4.43. The summed E-state index contributed by atoms with van der Waals surface area (Å²) in [5.74, 6) is -2.10. The Balaban J connectivity index is 1.17. The zero-order valence-corrected chi connectivity index (χ0v) is 22.0. The average Bonchev–Trinajstić information content (AvgIpc) is 3.16. The van der Waals surface area contributed by atoms with Crippen molar-refractivity contribution < 1.29 is 37.0 Å². The van der Waals surface area contributed by atoms with E-state index in [0.717, 1.165) is 6.07 Å². The summed E-state index contributed by atoms with van der Waals surface area (Å²) in [6, 6.07) is 3.41. The Morgan fingerprint density at radius 3 is 2.79 bits per heavy atom. The highest BCUT2D eigenvalue weighted by atomic mass is 35.5. The number of nitrogens with one attached hydrogen (secondary N) is 3. The lowest BCUT2D eigenvalue weighted by molar-refractivity contribution is -0.130. The lowest BCUT2D eigenvalue weighted by Gasteiger charge is -2.30. The number of halogens is 5. The Morgan fingerprint density at radius 2 is 2.08 bits per heavy atom. The topological polar surface area (TPSA) is 99.7 Å². The van der Waals surface area contributed by atoms with Crippen molar-refractivity contribution in [1.29, 1.82) is 0 Å². The van der Waals surface area contributed by atoms with Crippen LogP contribution < -0.4 is 20.5 Å². The number of fused-ring (bicyclic) bond motifs is 6. The second-order valence-electron chi connectivity index (χ2n) is 10.4. The van der Waals surface area contributed by atoms with Gasteiger partial charge in [0.1, 0.15) is 19.0 Å². The highest BCUT2D eigenvalue weighted by Crippen LogP contribution is 2.76. The third kappa shape index (κ3) is 5.12. The summed E-state index contributed by atoms with van der Waals surface area (Å²) in [6.45, 7) is -0.243. The van der Waals surface area contributed by atoms with Crippen LogP contribution in [0.5, 0.6) is 5.75 Å². The molecular formula is C25H28ClF4N3O4P+.